The van der Waals surface area contributed by atoms with Gasteiger partial charge in [0.1, 0.15) is 11.5 Å². The molecule has 0 aliphatic carbocycles. The number of aryl methyl sites for hydroxylation is 1. The van der Waals surface area contributed by atoms with E-state index >= 15 is 0 Å². The Labute approximate surface area is 207 Å². The Balaban J connectivity index is 1.73. The topological polar surface area (TPSA) is 84.7 Å². The molecule has 0 radical (unpaired) electrons. The molecule has 2 aromatic carbocycles. The lowest BCUT2D eigenvalue weighted by Crippen LogP contribution is -2.31. The number of benzene rings is 2. The Morgan fingerprint density at radius 1 is 1.12 bits per heavy atom. The van der Waals surface area contributed by atoms with Gasteiger partial charge in [0.25, 0.3) is 11.7 Å². The Hall–Kier alpha value is -3.29. The van der Waals surface area contributed by atoms with Crippen molar-refractivity contribution in [3.8, 4) is 5.75 Å². The molecule has 1 fully saturated rings. The molecule has 1 aromatic heterocycles. The van der Waals surface area contributed by atoms with Crippen LogP contribution in [0.3, 0.4) is 0 Å². The van der Waals surface area contributed by atoms with Gasteiger partial charge in [-0.25, -0.2) is 4.98 Å². The number of Topliss-reactive ketones (excluding diaryl/α,β-unsaturated/α-hetero) is 1. The van der Waals surface area contributed by atoms with E-state index in [4.69, 9.17) is 27.9 Å². The number of carbonyl (C=O) groups is 2. The Kier molecular flexibility index (Phi) is 7.24. The van der Waals surface area contributed by atoms with E-state index in [2.05, 4.69) is 4.98 Å². The van der Waals surface area contributed by atoms with E-state index in [9.17, 15) is 14.7 Å². The van der Waals surface area contributed by atoms with Gasteiger partial charge >= 0.3 is 0 Å². The molecule has 1 aliphatic heterocycles. The van der Waals surface area contributed by atoms with Gasteiger partial charge in [-0.3, -0.25) is 9.59 Å². The van der Waals surface area contributed by atoms with Crippen LogP contribution in [-0.4, -0.2) is 44.4 Å². The third-order valence-corrected chi connectivity index (χ3v) is 6.15. The van der Waals surface area contributed by atoms with Crippen LogP contribution < -0.4 is 4.74 Å². The molecule has 1 N–H and O–H groups in total. The summed E-state index contributed by atoms with van der Waals surface area (Å²) >= 11 is 12.4. The molecule has 2 heterocycles. The zero-order valence-corrected chi connectivity index (χ0v) is 20.0. The maximum absolute atomic E-state index is 13.1. The molecule has 1 saturated heterocycles. The van der Waals surface area contributed by atoms with E-state index in [0.29, 0.717) is 53.0 Å². The number of imidazole rings is 1. The summed E-state index contributed by atoms with van der Waals surface area (Å²) in [5, 5.41) is 12.0. The number of halogens is 2. The zero-order chi connectivity index (χ0) is 24.2. The maximum Gasteiger partial charge on any atom is 0.295 e. The third-order valence-electron chi connectivity index (χ3n) is 5.61. The molecule has 3 aromatic rings. The zero-order valence-electron chi connectivity index (χ0n) is 18.4. The SMILES string of the molecule is CCOc1ccc(C(O)=C2C(=O)C(=O)N(CCCn3ccnc3)C2c2ccc(Cl)cc2)cc1Cl. The van der Waals surface area contributed by atoms with Crippen molar-refractivity contribution >= 4 is 40.7 Å². The number of carbonyl (C=O) groups excluding carboxylic acids is 2. The van der Waals surface area contributed by atoms with Crippen LogP contribution in [0, 0.1) is 0 Å². The van der Waals surface area contributed by atoms with Crippen LogP contribution in [0.25, 0.3) is 5.76 Å². The predicted molar refractivity (Wildman–Crippen MR) is 130 cm³/mol. The summed E-state index contributed by atoms with van der Waals surface area (Å²) < 4.78 is 7.35. The van der Waals surface area contributed by atoms with Gasteiger partial charge in [0.15, 0.2) is 0 Å². The van der Waals surface area contributed by atoms with Gasteiger partial charge in [0.05, 0.1) is 29.6 Å². The number of nitrogens with zero attached hydrogens (tertiary/aromatic N) is 3. The molecule has 176 valence electrons. The molecule has 1 aliphatic rings. The number of aromatic nitrogens is 2. The number of ketones is 1. The average Bonchev–Trinajstić information content (AvgIpc) is 3.43. The van der Waals surface area contributed by atoms with Crippen molar-refractivity contribution in [1.82, 2.24) is 14.5 Å². The quantitative estimate of drug-likeness (QED) is 0.264. The largest absolute Gasteiger partial charge is 0.507 e. The highest BCUT2D eigenvalue weighted by Gasteiger charge is 2.45. The smallest absolute Gasteiger partial charge is 0.295 e. The number of ether oxygens (including phenoxy) is 1. The monoisotopic (exact) mass is 499 g/mol. The first-order valence-corrected chi connectivity index (χ1v) is 11.6. The second-order valence-electron chi connectivity index (χ2n) is 7.78. The summed E-state index contributed by atoms with van der Waals surface area (Å²) in [5.74, 6) is -1.23. The van der Waals surface area contributed by atoms with Gasteiger partial charge in [-0.2, -0.15) is 0 Å². The number of likely N-dealkylation sites (tertiary alicyclic amines) is 1. The highest BCUT2D eigenvalue weighted by Crippen LogP contribution is 2.40. The van der Waals surface area contributed by atoms with E-state index in [0.717, 1.165) is 0 Å². The van der Waals surface area contributed by atoms with Crippen LogP contribution >= 0.6 is 23.2 Å². The van der Waals surface area contributed by atoms with Crippen molar-refractivity contribution in [2.24, 2.45) is 0 Å². The molecule has 1 atom stereocenters. The minimum absolute atomic E-state index is 0.00943. The summed E-state index contributed by atoms with van der Waals surface area (Å²) in [5.41, 5.74) is 1.00. The van der Waals surface area contributed by atoms with Gasteiger partial charge in [-0.1, -0.05) is 35.3 Å². The molecule has 7 nitrogen and oxygen atoms in total. The number of hydrogen-bond donors (Lipinski definition) is 1. The highest BCUT2D eigenvalue weighted by molar-refractivity contribution is 6.46. The van der Waals surface area contributed by atoms with E-state index in [-0.39, 0.29) is 11.3 Å². The lowest BCUT2D eigenvalue weighted by atomic mass is 9.95. The number of rotatable bonds is 8. The fraction of sp³-hybridized carbons (Fsp3) is 0.240. The van der Waals surface area contributed by atoms with Crippen LogP contribution in [0.4, 0.5) is 0 Å². The number of amides is 1. The summed E-state index contributed by atoms with van der Waals surface area (Å²) in [6, 6.07) is 10.9. The number of aliphatic hydroxyl groups excluding tert-OH is 1. The molecule has 9 heteroatoms. The van der Waals surface area contributed by atoms with Gasteiger partial charge in [-0.15, -0.1) is 0 Å². The van der Waals surface area contributed by atoms with E-state index in [1.807, 2.05) is 17.7 Å². The summed E-state index contributed by atoms with van der Waals surface area (Å²) in [7, 11) is 0. The minimum Gasteiger partial charge on any atom is -0.507 e. The molecule has 0 saturated carbocycles. The van der Waals surface area contributed by atoms with Crippen molar-refractivity contribution in [3.63, 3.8) is 0 Å². The highest BCUT2D eigenvalue weighted by atomic mass is 35.5. The van der Waals surface area contributed by atoms with E-state index in [1.54, 1.807) is 48.9 Å². The molecular weight excluding hydrogens is 477 g/mol. The molecule has 0 bridgehead atoms. The fourth-order valence-electron chi connectivity index (χ4n) is 4.02. The van der Waals surface area contributed by atoms with Crippen LogP contribution in [0.2, 0.25) is 10.0 Å². The maximum atomic E-state index is 13.1. The fourth-order valence-corrected chi connectivity index (χ4v) is 4.38. The van der Waals surface area contributed by atoms with Gasteiger partial charge < -0.3 is 19.3 Å². The molecular formula is C25H23Cl2N3O4. The second-order valence-corrected chi connectivity index (χ2v) is 8.62. The van der Waals surface area contributed by atoms with E-state index in [1.165, 1.54) is 11.0 Å². The van der Waals surface area contributed by atoms with E-state index < -0.39 is 17.7 Å². The molecule has 1 amide bonds. The third kappa shape index (κ3) is 4.81. The van der Waals surface area contributed by atoms with Gasteiger partial charge in [0, 0.05) is 36.1 Å². The lowest BCUT2D eigenvalue weighted by molar-refractivity contribution is -0.139. The number of aliphatic hydroxyl groups is 1. The van der Waals surface area contributed by atoms with Crippen molar-refractivity contribution < 1.29 is 19.4 Å². The van der Waals surface area contributed by atoms with Crippen molar-refractivity contribution in [1.29, 1.82) is 0 Å². The first-order valence-electron chi connectivity index (χ1n) is 10.8. The van der Waals surface area contributed by atoms with Crippen LogP contribution in [0.1, 0.15) is 30.5 Å². The first kappa shape index (κ1) is 23.9. The summed E-state index contributed by atoms with van der Waals surface area (Å²) in [6.45, 7) is 3.22. The standard InChI is InChI=1S/C25H23Cl2N3O4/c1-2-34-20-9-6-17(14-19(20)27)23(31)21-22(16-4-7-18(26)8-5-16)30(25(33)24(21)32)12-3-11-29-13-10-28-15-29/h4-10,13-15,22,31H,2-3,11-12H2,1H3. The minimum atomic E-state index is -0.759. The summed E-state index contributed by atoms with van der Waals surface area (Å²) in [6.07, 6.45) is 5.81. The van der Waals surface area contributed by atoms with Crippen molar-refractivity contribution in [2.45, 2.75) is 25.9 Å². The molecule has 4 rings (SSSR count). The van der Waals surface area contributed by atoms with Crippen LogP contribution in [-0.2, 0) is 16.1 Å². The molecule has 0 spiro atoms. The molecule has 1 unspecified atom stereocenters. The average molecular weight is 500 g/mol. The second kappa shape index (κ2) is 10.3. The van der Waals surface area contributed by atoms with Crippen LogP contribution in [0.15, 0.2) is 66.8 Å². The molecule has 34 heavy (non-hydrogen) atoms. The summed E-state index contributed by atoms with van der Waals surface area (Å²) in [4.78, 5) is 31.7. The van der Waals surface area contributed by atoms with Crippen molar-refractivity contribution in [3.05, 3.63) is 87.9 Å². The normalized spacial score (nSPS) is 17.4. The first-order chi connectivity index (χ1) is 16.4. The van der Waals surface area contributed by atoms with Crippen LogP contribution in [0.5, 0.6) is 5.75 Å². The van der Waals surface area contributed by atoms with Gasteiger partial charge in [0.2, 0.25) is 0 Å². The Morgan fingerprint density at radius 2 is 1.88 bits per heavy atom. The Morgan fingerprint density at radius 3 is 2.53 bits per heavy atom. The number of hydrogen-bond acceptors (Lipinski definition) is 5. The predicted octanol–water partition coefficient (Wildman–Crippen LogP) is 5.10. The lowest BCUT2D eigenvalue weighted by Gasteiger charge is -2.25. The van der Waals surface area contributed by atoms with Crippen molar-refractivity contribution in [2.75, 3.05) is 13.2 Å². The Bertz CT molecular complexity index is 1220. The van der Waals surface area contributed by atoms with Gasteiger partial charge in [-0.05, 0) is 49.2 Å².